The van der Waals surface area contributed by atoms with E-state index in [9.17, 15) is 5.11 Å². The monoisotopic (exact) mass is 195 g/mol. The molecule has 3 nitrogen and oxygen atoms in total. The van der Waals surface area contributed by atoms with E-state index in [0.29, 0.717) is 10.8 Å². The van der Waals surface area contributed by atoms with Crippen LogP contribution in [0.4, 0.5) is 5.69 Å². The van der Waals surface area contributed by atoms with Gasteiger partial charge in [0.2, 0.25) is 0 Å². The van der Waals surface area contributed by atoms with Gasteiger partial charge in [0, 0.05) is 5.39 Å². The number of phenolic OH excluding ortho intramolecular Hbond substituents is 1. The van der Waals surface area contributed by atoms with E-state index in [1.807, 2.05) is 6.07 Å². The molecule has 0 saturated carbocycles. The van der Waals surface area contributed by atoms with Crippen LogP contribution in [0, 0.1) is 0 Å². The molecule has 1 heterocycles. The van der Waals surface area contributed by atoms with Gasteiger partial charge in [-0.3, -0.25) is 0 Å². The van der Waals surface area contributed by atoms with Crippen LogP contribution in [0.1, 0.15) is 0 Å². The molecule has 0 fully saturated rings. The molecule has 0 bridgehead atoms. The third-order valence-electron chi connectivity index (χ3n) is 1.88. The minimum absolute atomic E-state index is 0.248. The Kier molecular flexibility index (Phi) is 1.77. The number of phenols is 1. The van der Waals surface area contributed by atoms with Crippen LogP contribution in [0.2, 0.25) is 0 Å². The van der Waals surface area contributed by atoms with Crippen LogP contribution in [-0.2, 0) is 0 Å². The average Bonchev–Trinajstić information content (AvgIpc) is 2.45. The lowest BCUT2D eigenvalue weighted by molar-refractivity contribution is 0.429. The predicted molar refractivity (Wildman–Crippen MR) is 54.5 cm³/mol. The summed E-state index contributed by atoms with van der Waals surface area (Å²) >= 11 is 1.35. The summed E-state index contributed by atoms with van der Waals surface area (Å²) in [7, 11) is 1.57. The summed E-state index contributed by atoms with van der Waals surface area (Å²) in [6.07, 6.45) is 0. The highest BCUT2D eigenvalue weighted by atomic mass is 32.1. The molecule has 0 saturated heterocycles. The van der Waals surface area contributed by atoms with Crippen LogP contribution in [0.25, 0.3) is 10.1 Å². The van der Waals surface area contributed by atoms with E-state index in [1.165, 1.54) is 11.3 Å². The van der Waals surface area contributed by atoms with Crippen molar-refractivity contribution in [2.75, 3.05) is 12.8 Å². The summed E-state index contributed by atoms with van der Waals surface area (Å²) < 4.78 is 5.84. The fraction of sp³-hybridized carbons (Fsp3) is 0.111. The Labute approximate surface area is 79.4 Å². The van der Waals surface area contributed by atoms with E-state index in [0.717, 1.165) is 10.1 Å². The minimum Gasteiger partial charge on any atom is -0.506 e. The molecule has 1 aromatic heterocycles. The van der Waals surface area contributed by atoms with Gasteiger partial charge in [0.25, 0.3) is 0 Å². The lowest BCUT2D eigenvalue weighted by Crippen LogP contribution is -1.86. The van der Waals surface area contributed by atoms with Gasteiger partial charge in [-0.2, -0.15) is 0 Å². The zero-order valence-electron chi connectivity index (χ0n) is 7.07. The van der Waals surface area contributed by atoms with Crippen LogP contribution in [0.3, 0.4) is 0 Å². The van der Waals surface area contributed by atoms with Crippen molar-refractivity contribution >= 4 is 27.1 Å². The number of anilines is 1. The summed E-state index contributed by atoms with van der Waals surface area (Å²) in [5.41, 5.74) is 6.39. The number of benzene rings is 1. The minimum atomic E-state index is 0.248. The van der Waals surface area contributed by atoms with Crippen molar-refractivity contribution in [3.05, 3.63) is 18.2 Å². The molecule has 2 rings (SSSR count). The largest absolute Gasteiger partial charge is 0.506 e. The van der Waals surface area contributed by atoms with Crippen molar-refractivity contribution in [2.45, 2.75) is 0 Å². The zero-order valence-corrected chi connectivity index (χ0v) is 7.89. The summed E-state index contributed by atoms with van der Waals surface area (Å²) in [4.78, 5) is 0. The average molecular weight is 195 g/mol. The van der Waals surface area contributed by atoms with E-state index in [4.69, 9.17) is 10.5 Å². The van der Waals surface area contributed by atoms with Crippen LogP contribution in [0.15, 0.2) is 18.2 Å². The van der Waals surface area contributed by atoms with Crippen LogP contribution < -0.4 is 10.5 Å². The van der Waals surface area contributed by atoms with Crippen LogP contribution >= 0.6 is 11.3 Å². The molecule has 0 aliphatic rings. The maximum Gasteiger partial charge on any atom is 0.198 e. The molecule has 0 atom stereocenters. The molecule has 0 radical (unpaired) electrons. The number of hydrogen-bond acceptors (Lipinski definition) is 4. The van der Waals surface area contributed by atoms with Crippen molar-refractivity contribution in [3.63, 3.8) is 0 Å². The molecule has 4 heteroatoms. The van der Waals surface area contributed by atoms with Crippen molar-refractivity contribution in [2.24, 2.45) is 0 Å². The summed E-state index contributed by atoms with van der Waals surface area (Å²) in [6.45, 7) is 0. The Morgan fingerprint density at radius 1 is 1.46 bits per heavy atom. The number of methoxy groups -OCH3 is 1. The molecule has 1 aromatic carbocycles. The summed E-state index contributed by atoms with van der Waals surface area (Å²) in [5.74, 6) is 0.248. The SMILES string of the molecule is COc1sc2c(O)cccc2c1N. The van der Waals surface area contributed by atoms with Crippen molar-refractivity contribution in [1.82, 2.24) is 0 Å². The number of fused-ring (bicyclic) bond motifs is 1. The maximum absolute atomic E-state index is 9.50. The lowest BCUT2D eigenvalue weighted by Gasteiger charge is -1.94. The summed E-state index contributed by atoms with van der Waals surface area (Å²) in [6, 6.07) is 5.27. The first-order valence-corrected chi connectivity index (χ1v) is 4.59. The van der Waals surface area contributed by atoms with E-state index < -0.39 is 0 Å². The predicted octanol–water partition coefficient (Wildman–Crippen LogP) is 2.20. The second kappa shape index (κ2) is 2.81. The highest BCUT2D eigenvalue weighted by Gasteiger charge is 2.11. The van der Waals surface area contributed by atoms with Crippen LogP contribution in [0.5, 0.6) is 10.8 Å². The van der Waals surface area contributed by atoms with E-state index in [2.05, 4.69) is 0 Å². The number of nitrogen functional groups attached to an aromatic ring is 1. The maximum atomic E-state index is 9.50. The van der Waals surface area contributed by atoms with E-state index >= 15 is 0 Å². The van der Waals surface area contributed by atoms with Gasteiger partial charge in [-0.1, -0.05) is 23.5 Å². The third-order valence-corrected chi connectivity index (χ3v) is 3.09. The zero-order chi connectivity index (χ0) is 9.42. The first-order valence-electron chi connectivity index (χ1n) is 3.78. The molecule has 3 N–H and O–H groups in total. The lowest BCUT2D eigenvalue weighted by atomic mass is 10.2. The van der Waals surface area contributed by atoms with Gasteiger partial charge in [-0.05, 0) is 6.07 Å². The van der Waals surface area contributed by atoms with Gasteiger partial charge >= 0.3 is 0 Å². The Morgan fingerprint density at radius 3 is 2.85 bits per heavy atom. The molecule has 0 unspecified atom stereocenters. The standard InChI is InChI=1S/C9H9NO2S/c1-12-9-7(10)5-3-2-4-6(11)8(5)13-9/h2-4,11H,10H2,1H3. The molecular formula is C9H9NO2S. The fourth-order valence-electron chi connectivity index (χ4n) is 1.25. The number of rotatable bonds is 1. The van der Waals surface area contributed by atoms with Gasteiger partial charge in [-0.25, -0.2) is 0 Å². The van der Waals surface area contributed by atoms with Gasteiger partial charge in [-0.15, -0.1) is 0 Å². The topological polar surface area (TPSA) is 55.5 Å². The fourth-order valence-corrected chi connectivity index (χ4v) is 2.20. The Bertz CT molecular complexity index is 450. The van der Waals surface area contributed by atoms with E-state index in [1.54, 1.807) is 19.2 Å². The van der Waals surface area contributed by atoms with Gasteiger partial charge < -0.3 is 15.6 Å². The van der Waals surface area contributed by atoms with Gasteiger partial charge in [0.15, 0.2) is 5.06 Å². The molecule has 0 spiro atoms. The van der Waals surface area contributed by atoms with Gasteiger partial charge in [0.05, 0.1) is 17.5 Å². The molecule has 13 heavy (non-hydrogen) atoms. The number of aromatic hydroxyl groups is 1. The highest BCUT2D eigenvalue weighted by molar-refractivity contribution is 7.22. The Balaban J connectivity index is 2.83. The molecule has 0 aliphatic heterocycles. The normalized spacial score (nSPS) is 10.5. The molecule has 0 amide bonds. The van der Waals surface area contributed by atoms with Crippen LogP contribution in [-0.4, -0.2) is 12.2 Å². The second-order valence-electron chi connectivity index (χ2n) is 2.66. The number of nitrogens with two attached hydrogens (primary N) is 1. The van der Waals surface area contributed by atoms with Gasteiger partial charge in [0.1, 0.15) is 5.75 Å². The van der Waals surface area contributed by atoms with E-state index in [-0.39, 0.29) is 5.75 Å². The number of thiophene rings is 1. The second-order valence-corrected chi connectivity index (χ2v) is 3.64. The quantitative estimate of drug-likeness (QED) is 0.733. The van der Waals surface area contributed by atoms with Crippen molar-refractivity contribution in [1.29, 1.82) is 0 Å². The smallest absolute Gasteiger partial charge is 0.198 e. The highest BCUT2D eigenvalue weighted by Crippen LogP contribution is 2.43. The third kappa shape index (κ3) is 1.10. The Morgan fingerprint density at radius 2 is 2.23 bits per heavy atom. The van der Waals surface area contributed by atoms with Crippen molar-refractivity contribution in [3.8, 4) is 10.8 Å². The molecule has 68 valence electrons. The number of ether oxygens (including phenoxy) is 1. The molecule has 0 aliphatic carbocycles. The first-order chi connectivity index (χ1) is 6.24. The first kappa shape index (κ1) is 8.19. The summed E-state index contributed by atoms with van der Waals surface area (Å²) in [5, 5.41) is 11.0. The van der Waals surface area contributed by atoms with Crippen molar-refractivity contribution < 1.29 is 9.84 Å². The Hall–Kier alpha value is -1.42. The number of hydrogen-bond donors (Lipinski definition) is 2. The molecule has 2 aromatic rings. The molecular weight excluding hydrogens is 186 g/mol.